The SMILES string of the molecule is COCCCC(=O)C1CC2CCCC(C1)N2Cc1ccccc1. The molecule has 3 heteroatoms. The molecule has 2 aliphatic rings. The second-order valence-electron chi connectivity index (χ2n) is 7.13. The third-order valence-electron chi connectivity index (χ3n) is 5.56. The average molecular weight is 315 g/mol. The van der Waals surface area contributed by atoms with Gasteiger partial charge in [0.1, 0.15) is 5.78 Å². The molecule has 2 heterocycles. The molecule has 0 saturated carbocycles. The molecule has 2 atom stereocenters. The van der Waals surface area contributed by atoms with Crippen molar-refractivity contribution in [3.63, 3.8) is 0 Å². The Balaban J connectivity index is 1.60. The monoisotopic (exact) mass is 315 g/mol. The Hall–Kier alpha value is -1.19. The summed E-state index contributed by atoms with van der Waals surface area (Å²) in [6, 6.07) is 12.0. The maximum absolute atomic E-state index is 12.5. The van der Waals surface area contributed by atoms with Gasteiger partial charge in [-0.1, -0.05) is 36.8 Å². The third kappa shape index (κ3) is 4.21. The quantitative estimate of drug-likeness (QED) is 0.717. The standard InChI is InChI=1S/C20H29NO2/c1-23-12-6-11-20(22)17-13-18-9-5-10-19(14-17)21(18)15-16-7-3-2-4-8-16/h2-4,7-8,17-19H,5-6,9-15H2,1H3. The van der Waals surface area contributed by atoms with E-state index < -0.39 is 0 Å². The number of hydrogen-bond donors (Lipinski definition) is 0. The molecule has 0 aliphatic carbocycles. The highest BCUT2D eigenvalue weighted by atomic mass is 16.5. The van der Waals surface area contributed by atoms with E-state index >= 15 is 0 Å². The molecule has 0 radical (unpaired) electrons. The minimum Gasteiger partial charge on any atom is -0.385 e. The van der Waals surface area contributed by atoms with Gasteiger partial charge >= 0.3 is 0 Å². The lowest BCUT2D eigenvalue weighted by molar-refractivity contribution is -0.127. The van der Waals surface area contributed by atoms with Crippen LogP contribution in [-0.2, 0) is 16.1 Å². The highest BCUT2D eigenvalue weighted by Gasteiger charge is 2.40. The first-order valence-corrected chi connectivity index (χ1v) is 9.09. The number of piperidine rings is 2. The number of benzene rings is 1. The zero-order valence-corrected chi connectivity index (χ0v) is 14.2. The van der Waals surface area contributed by atoms with E-state index in [1.165, 1.54) is 24.8 Å². The minimum atomic E-state index is 0.286. The molecular formula is C20H29NO2. The summed E-state index contributed by atoms with van der Waals surface area (Å²) in [5.74, 6) is 0.757. The zero-order valence-electron chi connectivity index (χ0n) is 14.2. The Kier molecular flexibility index (Phi) is 5.85. The van der Waals surface area contributed by atoms with Crippen molar-refractivity contribution < 1.29 is 9.53 Å². The number of carbonyl (C=O) groups is 1. The van der Waals surface area contributed by atoms with Gasteiger partial charge in [-0.05, 0) is 37.7 Å². The van der Waals surface area contributed by atoms with Crippen LogP contribution < -0.4 is 0 Å². The molecule has 3 rings (SSSR count). The van der Waals surface area contributed by atoms with Gasteiger partial charge in [0.2, 0.25) is 0 Å². The lowest BCUT2D eigenvalue weighted by atomic mass is 9.76. The normalized spacial score (nSPS) is 27.8. The summed E-state index contributed by atoms with van der Waals surface area (Å²) in [5.41, 5.74) is 1.40. The Morgan fingerprint density at radius 3 is 2.52 bits per heavy atom. The van der Waals surface area contributed by atoms with Crippen molar-refractivity contribution in [3.05, 3.63) is 35.9 Å². The second kappa shape index (κ2) is 8.07. The van der Waals surface area contributed by atoms with Crippen LogP contribution >= 0.6 is 0 Å². The van der Waals surface area contributed by atoms with Crippen LogP contribution in [0.2, 0.25) is 0 Å². The number of fused-ring (bicyclic) bond motifs is 2. The van der Waals surface area contributed by atoms with Gasteiger partial charge in [0.05, 0.1) is 0 Å². The van der Waals surface area contributed by atoms with Crippen molar-refractivity contribution in [3.8, 4) is 0 Å². The molecule has 23 heavy (non-hydrogen) atoms. The molecule has 2 aliphatic heterocycles. The molecule has 2 saturated heterocycles. The molecule has 1 aromatic rings. The zero-order chi connectivity index (χ0) is 16.1. The van der Waals surface area contributed by atoms with Gasteiger partial charge < -0.3 is 4.74 Å². The van der Waals surface area contributed by atoms with E-state index in [0.717, 1.165) is 25.8 Å². The van der Waals surface area contributed by atoms with Gasteiger partial charge in [0.15, 0.2) is 0 Å². The second-order valence-corrected chi connectivity index (χ2v) is 7.13. The van der Waals surface area contributed by atoms with Gasteiger partial charge in [-0.3, -0.25) is 9.69 Å². The molecule has 2 fully saturated rings. The van der Waals surface area contributed by atoms with E-state index in [9.17, 15) is 4.79 Å². The summed E-state index contributed by atoms with van der Waals surface area (Å²) in [4.78, 5) is 15.2. The fraction of sp³-hybridized carbons (Fsp3) is 0.650. The summed E-state index contributed by atoms with van der Waals surface area (Å²) in [6.07, 6.45) is 7.53. The molecule has 1 aromatic carbocycles. The van der Waals surface area contributed by atoms with Gasteiger partial charge in [-0.2, -0.15) is 0 Å². The molecule has 0 spiro atoms. The number of rotatable bonds is 7. The number of methoxy groups -OCH3 is 1. The van der Waals surface area contributed by atoms with Crippen LogP contribution in [0.3, 0.4) is 0 Å². The topological polar surface area (TPSA) is 29.5 Å². The van der Waals surface area contributed by atoms with Crippen molar-refractivity contribution in [2.24, 2.45) is 5.92 Å². The predicted molar refractivity (Wildman–Crippen MR) is 92.3 cm³/mol. The molecule has 0 amide bonds. The number of Topliss-reactive ketones (excluding diaryl/α,β-unsaturated/α-hetero) is 1. The molecule has 0 aromatic heterocycles. The van der Waals surface area contributed by atoms with Crippen LogP contribution in [-0.4, -0.2) is 36.5 Å². The summed E-state index contributed by atoms with van der Waals surface area (Å²) in [6.45, 7) is 1.74. The number of nitrogens with zero attached hydrogens (tertiary/aromatic N) is 1. The predicted octanol–water partition coefficient (Wildman–Crippen LogP) is 3.82. The van der Waals surface area contributed by atoms with E-state index in [2.05, 4.69) is 35.2 Å². The third-order valence-corrected chi connectivity index (χ3v) is 5.56. The maximum atomic E-state index is 12.5. The van der Waals surface area contributed by atoms with E-state index in [1.807, 2.05) is 0 Å². The van der Waals surface area contributed by atoms with Crippen LogP contribution in [0.5, 0.6) is 0 Å². The lowest BCUT2D eigenvalue weighted by Gasteiger charge is -2.48. The Labute approximate surface area is 140 Å². The van der Waals surface area contributed by atoms with Crippen LogP contribution in [0.15, 0.2) is 30.3 Å². The fourth-order valence-electron chi connectivity index (χ4n) is 4.39. The summed E-state index contributed by atoms with van der Waals surface area (Å²) < 4.78 is 5.08. The fourth-order valence-corrected chi connectivity index (χ4v) is 4.39. The molecule has 3 nitrogen and oxygen atoms in total. The van der Waals surface area contributed by atoms with Crippen LogP contribution in [0.25, 0.3) is 0 Å². The van der Waals surface area contributed by atoms with E-state index in [-0.39, 0.29) is 5.92 Å². The first-order chi connectivity index (χ1) is 11.3. The number of hydrogen-bond acceptors (Lipinski definition) is 3. The molecule has 2 bridgehead atoms. The van der Waals surface area contributed by atoms with Crippen molar-refractivity contribution in [2.45, 2.75) is 63.6 Å². The largest absolute Gasteiger partial charge is 0.385 e. The Morgan fingerprint density at radius 1 is 1.17 bits per heavy atom. The number of carbonyl (C=O) groups excluding carboxylic acids is 1. The Bertz CT molecular complexity index is 488. The van der Waals surface area contributed by atoms with Gasteiger partial charge in [-0.15, -0.1) is 0 Å². The van der Waals surface area contributed by atoms with E-state index in [0.29, 0.717) is 30.9 Å². The smallest absolute Gasteiger partial charge is 0.136 e. The molecule has 0 N–H and O–H groups in total. The minimum absolute atomic E-state index is 0.286. The van der Waals surface area contributed by atoms with Crippen LogP contribution in [0.1, 0.15) is 50.5 Å². The van der Waals surface area contributed by atoms with Crippen molar-refractivity contribution >= 4 is 5.78 Å². The Morgan fingerprint density at radius 2 is 1.87 bits per heavy atom. The van der Waals surface area contributed by atoms with E-state index in [1.54, 1.807) is 7.11 Å². The van der Waals surface area contributed by atoms with Gasteiger partial charge in [0.25, 0.3) is 0 Å². The first-order valence-electron chi connectivity index (χ1n) is 9.09. The van der Waals surface area contributed by atoms with Crippen molar-refractivity contribution in [1.29, 1.82) is 0 Å². The molecule has 2 unspecified atom stereocenters. The van der Waals surface area contributed by atoms with E-state index in [4.69, 9.17) is 4.74 Å². The van der Waals surface area contributed by atoms with Crippen LogP contribution in [0, 0.1) is 5.92 Å². The number of ketones is 1. The maximum Gasteiger partial charge on any atom is 0.136 e. The van der Waals surface area contributed by atoms with Crippen molar-refractivity contribution in [2.75, 3.05) is 13.7 Å². The van der Waals surface area contributed by atoms with Crippen molar-refractivity contribution in [1.82, 2.24) is 4.90 Å². The lowest BCUT2D eigenvalue weighted by Crippen LogP contribution is -2.52. The average Bonchev–Trinajstić information content (AvgIpc) is 2.55. The van der Waals surface area contributed by atoms with Gasteiger partial charge in [0, 0.05) is 44.7 Å². The summed E-state index contributed by atoms with van der Waals surface area (Å²) in [7, 11) is 1.71. The van der Waals surface area contributed by atoms with Gasteiger partial charge in [-0.25, -0.2) is 0 Å². The molecular weight excluding hydrogens is 286 g/mol. The molecule has 126 valence electrons. The van der Waals surface area contributed by atoms with Crippen LogP contribution in [0.4, 0.5) is 0 Å². The summed E-state index contributed by atoms with van der Waals surface area (Å²) >= 11 is 0. The highest BCUT2D eigenvalue weighted by Crippen LogP contribution is 2.38. The first kappa shape index (κ1) is 16.7. The highest BCUT2D eigenvalue weighted by molar-refractivity contribution is 5.81. The number of ether oxygens (including phenoxy) is 1. The summed E-state index contributed by atoms with van der Waals surface area (Å²) in [5, 5.41) is 0.